The Kier molecular flexibility index (Phi) is 7.32. The van der Waals surface area contributed by atoms with Crippen molar-refractivity contribution in [2.45, 2.75) is 87.4 Å². The van der Waals surface area contributed by atoms with Crippen LogP contribution in [0.5, 0.6) is 0 Å². The summed E-state index contributed by atoms with van der Waals surface area (Å²) in [6, 6.07) is 9.00. The molecule has 6 aliphatic carbocycles. The van der Waals surface area contributed by atoms with Crippen molar-refractivity contribution in [3.63, 3.8) is 0 Å². The fourth-order valence-electron chi connectivity index (χ4n) is 13.3. The fourth-order valence-corrected chi connectivity index (χ4v) is 13.3. The molecule has 7 fully saturated rings. The van der Waals surface area contributed by atoms with Gasteiger partial charge in [0.05, 0.1) is 23.5 Å². The van der Waals surface area contributed by atoms with Crippen LogP contribution in [0.4, 0.5) is 5.69 Å². The van der Waals surface area contributed by atoms with Crippen molar-refractivity contribution in [2.24, 2.45) is 40.9 Å². The van der Waals surface area contributed by atoms with Crippen LogP contribution in [0.1, 0.15) is 67.4 Å². The first-order valence-electron chi connectivity index (χ1n) is 18.6. The summed E-state index contributed by atoms with van der Waals surface area (Å²) >= 11 is 0. The number of ether oxygens (including phenoxy) is 3. The highest BCUT2D eigenvalue weighted by molar-refractivity contribution is 6.06. The molecule has 3 N–H and O–H groups in total. The van der Waals surface area contributed by atoms with Gasteiger partial charge in [-0.05, 0) is 91.8 Å². The minimum Gasteiger partial charge on any atom is -0.454 e. The van der Waals surface area contributed by atoms with E-state index in [0.717, 1.165) is 30.5 Å². The van der Waals surface area contributed by atoms with Gasteiger partial charge in [0.15, 0.2) is 0 Å². The second-order valence-corrected chi connectivity index (χ2v) is 16.3. The van der Waals surface area contributed by atoms with E-state index in [1.54, 1.807) is 50.8 Å². The third-order valence-corrected chi connectivity index (χ3v) is 14.8. The zero-order chi connectivity index (χ0) is 34.8. The van der Waals surface area contributed by atoms with E-state index in [4.69, 9.17) is 14.2 Å². The Morgan fingerprint density at radius 1 is 1.10 bits per heavy atom. The van der Waals surface area contributed by atoms with Crippen molar-refractivity contribution in [3.05, 3.63) is 65.5 Å². The predicted octanol–water partition coefficient (Wildman–Crippen LogP) is 4.10. The largest absolute Gasteiger partial charge is 0.454 e. The minimum atomic E-state index is -1.29. The number of carbonyl (C=O) groups is 2. The summed E-state index contributed by atoms with van der Waals surface area (Å²) in [6.07, 6.45) is 10.6. The first-order chi connectivity index (χ1) is 24.1. The highest BCUT2D eigenvalue weighted by atomic mass is 16.6. The lowest BCUT2D eigenvalue weighted by Crippen LogP contribution is -2.82. The Morgan fingerprint density at radius 3 is 2.68 bits per heavy atom. The van der Waals surface area contributed by atoms with Crippen molar-refractivity contribution < 1.29 is 34.0 Å². The summed E-state index contributed by atoms with van der Waals surface area (Å²) in [5.41, 5.74) is -1.22. The third kappa shape index (κ3) is 4.00. The van der Waals surface area contributed by atoms with Crippen molar-refractivity contribution in [1.29, 1.82) is 0 Å². The number of hydrogen-bond donors (Lipinski definition) is 3. The molecule has 1 aromatic carbocycles. The summed E-state index contributed by atoms with van der Waals surface area (Å²) in [7, 11) is 3.52. The molecule has 7 aliphatic rings. The molecule has 6 saturated carbocycles. The first-order valence-corrected chi connectivity index (χ1v) is 18.6. The summed E-state index contributed by atoms with van der Waals surface area (Å²) < 4.78 is 19.2. The van der Waals surface area contributed by atoms with Gasteiger partial charge in [-0.1, -0.05) is 26.0 Å². The van der Waals surface area contributed by atoms with Crippen molar-refractivity contribution in [2.75, 3.05) is 32.6 Å². The number of hydrogen-bond acceptors (Lipinski definition) is 9. The van der Waals surface area contributed by atoms with E-state index in [1.165, 1.54) is 6.08 Å². The number of benzene rings is 1. The molecule has 13 atom stereocenters. The number of aliphatic hydroxyl groups is 2. The van der Waals surface area contributed by atoms with Crippen LogP contribution in [0.3, 0.4) is 0 Å². The van der Waals surface area contributed by atoms with E-state index in [2.05, 4.69) is 29.0 Å². The van der Waals surface area contributed by atoms with Gasteiger partial charge in [0.1, 0.15) is 16.8 Å². The molecule has 50 heavy (non-hydrogen) atoms. The van der Waals surface area contributed by atoms with Crippen LogP contribution < -0.4 is 5.32 Å². The Balaban J connectivity index is 1.05. The highest BCUT2D eigenvalue weighted by Gasteiger charge is 2.92. The average molecular weight is 684 g/mol. The molecule has 2 aromatic rings. The number of esters is 1. The van der Waals surface area contributed by atoms with Crippen LogP contribution in [0.2, 0.25) is 0 Å². The van der Waals surface area contributed by atoms with Crippen LogP contribution in [0.25, 0.3) is 6.08 Å². The lowest BCUT2D eigenvalue weighted by Gasteiger charge is -2.71. The van der Waals surface area contributed by atoms with Crippen LogP contribution in [-0.4, -0.2) is 94.3 Å². The first kappa shape index (κ1) is 32.7. The molecule has 5 bridgehead atoms. The number of carbonyl (C=O) groups excluding carboxylic acids is 2. The van der Waals surface area contributed by atoms with Crippen LogP contribution >= 0.6 is 0 Å². The number of fused-ring (bicyclic) bond motifs is 2. The van der Waals surface area contributed by atoms with Gasteiger partial charge in [-0.3, -0.25) is 14.7 Å². The Morgan fingerprint density at radius 2 is 1.92 bits per heavy atom. The van der Waals surface area contributed by atoms with E-state index >= 15 is 0 Å². The average Bonchev–Trinajstić information content (AvgIpc) is 3.67. The van der Waals surface area contributed by atoms with Crippen LogP contribution in [0, 0.1) is 40.9 Å². The summed E-state index contributed by atoms with van der Waals surface area (Å²) in [5.74, 6) is -0.660. The summed E-state index contributed by atoms with van der Waals surface area (Å²) in [4.78, 5) is 34.2. The molecule has 10 heteroatoms. The quantitative estimate of drug-likeness (QED) is 0.264. The molecule has 266 valence electrons. The number of likely N-dealkylation sites (N-methyl/N-ethyl adjacent to an activating group) is 1. The lowest BCUT2D eigenvalue weighted by molar-refractivity contribution is -0.333. The van der Waals surface area contributed by atoms with Gasteiger partial charge in [0.2, 0.25) is 5.91 Å². The number of aryl methyl sites for hydroxylation is 1. The van der Waals surface area contributed by atoms with Gasteiger partial charge < -0.3 is 29.7 Å². The molecule has 1 amide bonds. The Labute approximate surface area is 293 Å². The number of rotatable bonds is 9. The predicted molar refractivity (Wildman–Crippen MR) is 185 cm³/mol. The smallest absolute Gasteiger partial charge is 0.340 e. The zero-order valence-electron chi connectivity index (χ0n) is 29.4. The maximum Gasteiger partial charge on any atom is 0.340 e. The molecular formula is C40H49N3O7. The second kappa shape index (κ2) is 11.2. The number of nitrogens with zero attached hydrogens (tertiary/aromatic N) is 2. The Hall–Kier alpha value is -3.15. The van der Waals surface area contributed by atoms with E-state index in [-0.39, 0.29) is 53.7 Å². The highest BCUT2D eigenvalue weighted by Crippen LogP contribution is 2.84. The second-order valence-electron chi connectivity index (χ2n) is 16.3. The molecule has 1 aliphatic heterocycles. The van der Waals surface area contributed by atoms with Gasteiger partial charge in [-0.2, -0.15) is 0 Å². The van der Waals surface area contributed by atoms with E-state index in [1.807, 2.05) is 12.3 Å². The van der Waals surface area contributed by atoms with E-state index in [9.17, 15) is 19.8 Å². The number of piperidine rings is 1. The standard InChI is InChI=1S/C40H49N3O7/c1-5-22-15-23(20-41-19-22)11-12-32(44)42-27-10-8-7-9-24(27)36(45)50-37-14-13-31(49-4)39-29(37)17-26(35(39)43(6-2)21-37)38(46)18-28(48-3)33-25-16-30(39)40(38,47)34(25)33/h7-12,15,19-20,25-26,28-31,33-35,46-47H,5-6,13-14,16-18,21H2,1-4H3,(H,42,44)/b12-11+/t25-,26-,28+,29-,30+,31+,33?,34-,35?,37-,38+,39+,40+/m1/s1. The summed E-state index contributed by atoms with van der Waals surface area (Å²) in [6.45, 7) is 5.49. The number of likely N-dealkylation sites (tertiary alicyclic amines) is 1. The van der Waals surface area contributed by atoms with Gasteiger partial charge in [-0.25, -0.2) is 4.79 Å². The molecule has 1 saturated heterocycles. The van der Waals surface area contributed by atoms with Gasteiger partial charge >= 0.3 is 5.97 Å². The molecule has 1 spiro atoms. The minimum absolute atomic E-state index is 0.00277. The lowest BCUT2D eigenvalue weighted by atomic mass is 9.42. The number of anilines is 1. The maximum atomic E-state index is 14.4. The van der Waals surface area contributed by atoms with E-state index in [0.29, 0.717) is 49.4 Å². The SMILES string of the molecule is CCc1cncc(/C=C/C(=O)Nc2ccccc2C(=O)O[C@@]23CC[C@H](OC)[C@]45C([C@@H](C[C@H]24)[C@@]2(O)C[C@H](OC)C4[C@H]6C[C@@H]5[C@]2(O)[C@@H]46)N(CC)C3)c1. The molecule has 1 aromatic heterocycles. The Bertz CT molecular complexity index is 1770. The van der Waals surface area contributed by atoms with Gasteiger partial charge in [-0.15, -0.1) is 0 Å². The van der Waals surface area contributed by atoms with Crippen LogP contribution in [0.15, 0.2) is 48.8 Å². The van der Waals surface area contributed by atoms with Crippen molar-refractivity contribution in [1.82, 2.24) is 9.88 Å². The van der Waals surface area contributed by atoms with Crippen LogP contribution in [-0.2, 0) is 25.4 Å². The van der Waals surface area contributed by atoms with Crippen molar-refractivity contribution in [3.8, 4) is 0 Å². The molecular weight excluding hydrogens is 634 g/mol. The molecule has 0 radical (unpaired) electrons. The number of nitrogens with one attached hydrogen (secondary N) is 1. The normalized spacial score (nSPS) is 44.6. The number of methoxy groups -OCH3 is 2. The molecule has 10 nitrogen and oxygen atoms in total. The fraction of sp³-hybridized carbons (Fsp3) is 0.625. The number of pyridine rings is 1. The van der Waals surface area contributed by atoms with Crippen molar-refractivity contribution >= 4 is 23.6 Å². The zero-order valence-corrected chi connectivity index (χ0v) is 29.4. The topological polar surface area (TPSA) is 130 Å². The third-order valence-electron chi connectivity index (χ3n) is 14.8. The molecule has 2 unspecified atom stereocenters. The van der Waals surface area contributed by atoms with Gasteiger partial charge in [0, 0.05) is 74.9 Å². The number of aromatic nitrogens is 1. The maximum absolute atomic E-state index is 14.4. The number of amides is 1. The molecule has 2 heterocycles. The molecule has 9 rings (SSSR count). The number of para-hydroxylation sites is 1. The monoisotopic (exact) mass is 683 g/mol. The summed E-state index contributed by atoms with van der Waals surface area (Å²) in [5, 5.41) is 28.8. The van der Waals surface area contributed by atoms with Gasteiger partial charge in [0.25, 0.3) is 0 Å². The van der Waals surface area contributed by atoms with E-state index < -0.39 is 28.2 Å².